The molecule has 1 saturated heterocycles. The van der Waals surface area contributed by atoms with Gasteiger partial charge in [-0.25, -0.2) is 19.2 Å². The molecule has 1 aliphatic rings. The molecule has 1 fully saturated rings. The summed E-state index contributed by atoms with van der Waals surface area (Å²) in [5, 5.41) is 15.1. The lowest BCUT2D eigenvalue weighted by Gasteiger charge is -2.43. The first-order chi connectivity index (χ1) is 17.3. The highest BCUT2D eigenvalue weighted by molar-refractivity contribution is 5.89. The van der Waals surface area contributed by atoms with E-state index in [1.54, 1.807) is 36.3 Å². The molecule has 0 saturated carbocycles. The van der Waals surface area contributed by atoms with Crippen molar-refractivity contribution in [2.45, 2.75) is 25.9 Å². The molecule has 1 N–H and O–H groups in total. The van der Waals surface area contributed by atoms with Gasteiger partial charge in [0.25, 0.3) is 0 Å². The van der Waals surface area contributed by atoms with E-state index < -0.39 is 11.9 Å². The number of aromatic nitrogens is 4. The summed E-state index contributed by atoms with van der Waals surface area (Å²) in [4.78, 5) is 24.4. The van der Waals surface area contributed by atoms with Crippen molar-refractivity contribution in [1.29, 1.82) is 0 Å². The van der Waals surface area contributed by atoms with Gasteiger partial charge in [0.2, 0.25) is 0 Å². The number of methoxy groups -OCH3 is 1. The molecule has 11 heteroatoms. The van der Waals surface area contributed by atoms with E-state index in [2.05, 4.69) is 15.0 Å². The lowest BCUT2D eigenvalue weighted by Crippen LogP contribution is -2.58. The van der Waals surface area contributed by atoms with Crippen LogP contribution in [0.25, 0.3) is 33.2 Å². The summed E-state index contributed by atoms with van der Waals surface area (Å²) in [6, 6.07) is 7.18. The van der Waals surface area contributed by atoms with E-state index in [0.29, 0.717) is 35.4 Å². The van der Waals surface area contributed by atoms with Crippen LogP contribution in [0.3, 0.4) is 0 Å². The van der Waals surface area contributed by atoms with Crippen molar-refractivity contribution < 1.29 is 23.8 Å². The van der Waals surface area contributed by atoms with Gasteiger partial charge in [-0.15, -0.1) is 0 Å². The normalized spacial score (nSPS) is 18.2. The molecule has 5 rings (SSSR count). The smallest absolute Gasteiger partial charge is 0.407 e. The predicted octanol–water partition coefficient (Wildman–Crippen LogP) is 3.88. The van der Waals surface area contributed by atoms with Gasteiger partial charge in [0.15, 0.2) is 24.0 Å². The SMILES string of the molecule is COCOc1c(-c2ccc3cc(N4C[C@@H](C)N(C(=O)O)[C@@H](C)C4)cnc3n2)cc2cn(C)nc2c1F. The molecule has 2 atom stereocenters. The molecule has 1 amide bonds. The quantitative estimate of drug-likeness (QED) is 0.417. The lowest BCUT2D eigenvalue weighted by atomic mass is 10.1. The Kier molecular flexibility index (Phi) is 6.09. The second-order valence-electron chi connectivity index (χ2n) is 9.09. The number of aryl methyl sites for hydroxylation is 1. The van der Waals surface area contributed by atoms with Crippen molar-refractivity contribution in [2.24, 2.45) is 7.05 Å². The number of pyridine rings is 2. The Morgan fingerprint density at radius 1 is 1.19 bits per heavy atom. The standard InChI is InChI=1S/C25H27FN6O4/c1-14-10-31(11-15(2)32(14)25(33)34)18-7-16-5-6-20(28-24(16)27-9-18)19-8-17-12-30(3)29-22(17)21(26)23(19)36-13-35-4/h5-9,12,14-15H,10-11,13H2,1-4H3,(H,33,34)/t14-,15+. The van der Waals surface area contributed by atoms with Crippen LogP contribution in [0, 0.1) is 5.82 Å². The van der Waals surface area contributed by atoms with Crippen molar-refractivity contribution in [3.05, 3.63) is 42.5 Å². The number of ether oxygens (including phenoxy) is 2. The Labute approximate surface area is 206 Å². The molecule has 188 valence electrons. The monoisotopic (exact) mass is 494 g/mol. The summed E-state index contributed by atoms with van der Waals surface area (Å²) < 4.78 is 27.5. The van der Waals surface area contributed by atoms with E-state index in [-0.39, 0.29) is 30.1 Å². The molecule has 10 nitrogen and oxygen atoms in total. The highest BCUT2D eigenvalue weighted by Crippen LogP contribution is 2.37. The van der Waals surface area contributed by atoms with Crippen LogP contribution in [0.2, 0.25) is 0 Å². The maximum atomic E-state index is 15.3. The van der Waals surface area contributed by atoms with E-state index >= 15 is 4.39 Å². The van der Waals surface area contributed by atoms with Gasteiger partial charge in [-0.3, -0.25) is 9.58 Å². The zero-order chi connectivity index (χ0) is 25.6. The average Bonchev–Trinajstić information content (AvgIpc) is 3.22. The van der Waals surface area contributed by atoms with Crippen molar-refractivity contribution in [2.75, 3.05) is 31.9 Å². The zero-order valence-electron chi connectivity index (χ0n) is 20.5. The fourth-order valence-corrected chi connectivity index (χ4v) is 4.91. The van der Waals surface area contributed by atoms with Crippen LogP contribution >= 0.6 is 0 Å². The maximum Gasteiger partial charge on any atom is 0.407 e. The molecule has 36 heavy (non-hydrogen) atoms. The molecule has 0 radical (unpaired) electrons. The van der Waals surface area contributed by atoms with Gasteiger partial charge in [0.1, 0.15) is 5.52 Å². The van der Waals surface area contributed by atoms with Gasteiger partial charge < -0.3 is 19.5 Å². The Bertz CT molecular complexity index is 1450. The second-order valence-corrected chi connectivity index (χ2v) is 9.09. The minimum absolute atomic E-state index is 0.0193. The van der Waals surface area contributed by atoms with Crippen molar-refractivity contribution in [3.63, 3.8) is 0 Å². The Balaban J connectivity index is 1.51. The number of anilines is 1. The number of piperazine rings is 1. The van der Waals surface area contributed by atoms with Crippen LogP contribution in [0.4, 0.5) is 14.9 Å². The minimum atomic E-state index is -0.905. The van der Waals surface area contributed by atoms with Crippen molar-refractivity contribution in [1.82, 2.24) is 24.6 Å². The molecule has 0 aliphatic carbocycles. The number of fused-ring (bicyclic) bond motifs is 2. The second kappa shape index (κ2) is 9.23. The molecule has 1 aromatic carbocycles. The molecule has 0 unspecified atom stereocenters. The summed E-state index contributed by atoms with van der Waals surface area (Å²) in [5.41, 5.74) is 2.60. The fraction of sp³-hybridized carbons (Fsp3) is 0.360. The van der Waals surface area contributed by atoms with E-state index in [1.807, 2.05) is 26.0 Å². The van der Waals surface area contributed by atoms with E-state index in [1.165, 1.54) is 12.0 Å². The third-order valence-electron chi connectivity index (χ3n) is 6.44. The number of amides is 1. The van der Waals surface area contributed by atoms with Gasteiger partial charge in [0.05, 0.1) is 29.7 Å². The first-order valence-electron chi connectivity index (χ1n) is 11.6. The third-order valence-corrected chi connectivity index (χ3v) is 6.44. The van der Waals surface area contributed by atoms with Gasteiger partial charge in [-0.1, -0.05) is 0 Å². The number of hydrogen-bond acceptors (Lipinski definition) is 7. The van der Waals surface area contributed by atoms with Gasteiger partial charge >= 0.3 is 6.09 Å². The maximum absolute atomic E-state index is 15.3. The Morgan fingerprint density at radius 2 is 1.94 bits per heavy atom. The molecule has 0 bridgehead atoms. The van der Waals surface area contributed by atoms with Crippen LogP contribution in [-0.2, 0) is 11.8 Å². The molecular weight excluding hydrogens is 467 g/mol. The third kappa shape index (κ3) is 4.15. The highest BCUT2D eigenvalue weighted by Gasteiger charge is 2.33. The minimum Gasteiger partial charge on any atom is -0.465 e. The first kappa shape index (κ1) is 23.7. The van der Waals surface area contributed by atoms with Crippen LogP contribution in [0.1, 0.15) is 13.8 Å². The van der Waals surface area contributed by atoms with Crippen LogP contribution in [0.5, 0.6) is 5.75 Å². The molecule has 1 aliphatic heterocycles. The molecule has 4 heterocycles. The fourth-order valence-electron chi connectivity index (χ4n) is 4.91. The summed E-state index contributed by atoms with van der Waals surface area (Å²) in [5.74, 6) is -0.556. The van der Waals surface area contributed by atoms with Gasteiger partial charge in [-0.2, -0.15) is 5.10 Å². The highest BCUT2D eigenvalue weighted by atomic mass is 19.1. The molecule has 3 aromatic heterocycles. The number of carbonyl (C=O) groups is 1. The van der Waals surface area contributed by atoms with Crippen molar-refractivity contribution in [3.8, 4) is 17.0 Å². The number of nitrogens with zero attached hydrogens (tertiary/aromatic N) is 6. The number of carboxylic acid groups (broad SMARTS) is 1. The van der Waals surface area contributed by atoms with Gasteiger partial charge in [-0.05, 0) is 38.1 Å². The number of rotatable bonds is 5. The van der Waals surface area contributed by atoms with E-state index in [9.17, 15) is 9.90 Å². The Hall–Kier alpha value is -3.99. The lowest BCUT2D eigenvalue weighted by molar-refractivity contribution is 0.0489. The van der Waals surface area contributed by atoms with E-state index in [0.717, 1.165) is 11.1 Å². The largest absolute Gasteiger partial charge is 0.465 e. The molecular formula is C25H27FN6O4. The van der Waals surface area contributed by atoms with Crippen LogP contribution in [-0.4, -0.2) is 74.9 Å². The predicted molar refractivity (Wildman–Crippen MR) is 133 cm³/mol. The van der Waals surface area contributed by atoms with Gasteiger partial charge in [0, 0.05) is 49.8 Å². The summed E-state index contributed by atoms with van der Waals surface area (Å²) in [6.45, 7) is 4.82. The summed E-state index contributed by atoms with van der Waals surface area (Å²) >= 11 is 0. The number of hydrogen-bond donors (Lipinski definition) is 1. The molecule has 0 spiro atoms. The average molecular weight is 495 g/mol. The summed E-state index contributed by atoms with van der Waals surface area (Å²) in [7, 11) is 3.20. The van der Waals surface area contributed by atoms with Crippen LogP contribution in [0.15, 0.2) is 36.7 Å². The van der Waals surface area contributed by atoms with Crippen molar-refractivity contribution >= 4 is 33.7 Å². The Morgan fingerprint density at radius 3 is 2.64 bits per heavy atom. The first-order valence-corrected chi connectivity index (χ1v) is 11.6. The van der Waals surface area contributed by atoms with E-state index in [4.69, 9.17) is 14.5 Å². The number of halogens is 1. The summed E-state index contributed by atoms with van der Waals surface area (Å²) in [6.07, 6.45) is 2.57. The topological polar surface area (TPSA) is 106 Å². The van der Waals surface area contributed by atoms with Crippen LogP contribution < -0.4 is 9.64 Å². The zero-order valence-corrected chi connectivity index (χ0v) is 20.5. The number of benzene rings is 1. The molecule has 4 aromatic rings.